The number of nitrogen functional groups attached to an aromatic ring is 1. The fraction of sp³-hybridized carbons (Fsp3) is 0. The molecule has 0 saturated carbocycles. The zero-order chi connectivity index (χ0) is 11.5. The molecule has 2 rings (SSSR count). The zero-order valence-corrected chi connectivity index (χ0v) is 8.92. The van der Waals surface area contributed by atoms with Crippen molar-refractivity contribution >= 4 is 28.7 Å². The topological polar surface area (TPSA) is 68.0 Å². The van der Waals surface area contributed by atoms with Crippen LogP contribution in [0.25, 0.3) is 0 Å². The molecule has 3 N–H and O–H groups in total. The first-order chi connectivity index (χ1) is 7.68. The Kier molecular flexibility index (Phi) is 2.82. The molecule has 0 aliphatic rings. The molecule has 0 aliphatic carbocycles. The van der Waals surface area contributed by atoms with Crippen LogP contribution in [0.3, 0.4) is 0 Å². The maximum Gasteiger partial charge on any atom is 0.258 e. The van der Waals surface area contributed by atoms with Crippen LogP contribution < -0.4 is 11.1 Å². The van der Waals surface area contributed by atoms with Crippen molar-refractivity contribution in [1.82, 2.24) is 4.98 Å². The van der Waals surface area contributed by atoms with Crippen LogP contribution in [0, 0.1) is 5.82 Å². The van der Waals surface area contributed by atoms with E-state index in [1.54, 1.807) is 11.4 Å². The van der Waals surface area contributed by atoms with E-state index in [9.17, 15) is 9.18 Å². The van der Waals surface area contributed by atoms with E-state index in [-0.39, 0.29) is 11.4 Å². The zero-order valence-electron chi connectivity index (χ0n) is 8.11. The highest BCUT2D eigenvalue weighted by atomic mass is 32.1. The number of amides is 1. The smallest absolute Gasteiger partial charge is 0.258 e. The van der Waals surface area contributed by atoms with Gasteiger partial charge in [0.25, 0.3) is 5.91 Å². The minimum Gasteiger partial charge on any atom is -0.381 e. The van der Waals surface area contributed by atoms with Crippen molar-refractivity contribution < 1.29 is 9.18 Å². The van der Waals surface area contributed by atoms with Crippen LogP contribution in [-0.4, -0.2) is 10.9 Å². The van der Waals surface area contributed by atoms with Crippen LogP contribution in [0.15, 0.2) is 29.1 Å². The summed E-state index contributed by atoms with van der Waals surface area (Å²) >= 11 is 1.44. The number of pyridine rings is 1. The van der Waals surface area contributed by atoms with E-state index in [4.69, 9.17) is 5.73 Å². The highest BCUT2D eigenvalue weighted by Crippen LogP contribution is 2.16. The molecule has 6 heteroatoms. The van der Waals surface area contributed by atoms with E-state index in [0.29, 0.717) is 5.69 Å². The van der Waals surface area contributed by atoms with Crippen LogP contribution in [-0.2, 0) is 0 Å². The van der Waals surface area contributed by atoms with Crippen molar-refractivity contribution in [2.24, 2.45) is 0 Å². The van der Waals surface area contributed by atoms with Gasteiger partial charge >= 0.3 is 0 Å². The van der Waals surface area contributed by atoms with Gasteiger partial charge in [0.05, 0.1) is 11.3 Å². The summed E-state index contributed by atoms with van der Waals surface area (Å²) in [6.45, 7) is 0. The first-order valence-corrected chi connectivity index (χ1v) is 5.36. The quantitative estimate of drug-likeness (QED) is 0.840. The molecule has 0 aliphatic heterocycles. The fourth-order valence-corrected chi connectivity index (χ4v) is 1.76. The van der Waals surface area contributed by atoms with Gasteiger partial charge in [0.1, 0.15) is 0 Å². The number of nitrogens with one attached hydrogen (secondary N) is 1. The number of thiophene rings is 1. The predicted octanol–water partition coefficient (Wildman–Crippen LogP) is 2.12. The first kappa shape index (κ1) is 10.6. The summed E-state index contributed by atoms with van der Waals surface area (Å²) in [5, 5.41) is 6.12. The number of aromatic nitrogens is 1. The summed E-state index contributed by atoms with van der Waals surface area (Å²) in [6.07, 6.45) is 1.29. The van der Waals surface area contributed by atoms with E-state index < -0.39 is 11.7 Å². The lowest BCUT2D eigenvalue weighted by molar-refractivity contribution is 0.102. The average molecular weight is 237 g/mol. The normalized spacial score (nSPS) is 10.1. The third-order valence-electron chi connectivity index (χ3n) is 1.94. The van der Waals surface area contributed by atoms with Gasteiger partial charge in [-0.05, 0) is 17.5 Å². The number of nitrogens with zero attached hydrogens (tertiary/aromatic N) is 1. The number of hydrogen-bond donors (Lipinski definition) is 2. The number of halogens is 1. The van der Waals surface area contributed by atoms with E-state index in [1.807, 2.05) is 5.38 Å². The van der Waals surface area contributed by atoms with E-state index in [2.05, 4.69) is 10.3 Å². The van der Waals surface area contributed by atoms with Crippen LogP contribution >= 0.6 is 11.3 Å². The van der Waals surface area contributed by atoms with Crippen molar-refractivity contribution in [2.75, 3.05) is 11.1 Å². The molecule has 0 saturated heterocycles. The molecule has 1 amide bonds. The summed E-state index contributed by atoms with van der Waals surface area (Å²) in [5.41, 5.74) is 5.78. The second-order valence-electron chi connectivity index (χ2n) is 3.02. The Labute approximate surface area is 94.9 Å². The van der Waals surface area contributed by atoms with Crippen molar-refractivity contribution in [3.8, 4) is 0 Å². The van der Waals surface area contributed by atoms with Crippen LogP contribution in [0.4, 0.5) is 15.9 Å². The summed E-state index contributed by atoms with van der Waals surface area (Å²) < 4.78 is 13.4. The molecule has 4 nitrogen and oxygen atoms in total. The lowest BCUT2D eigenvalue weighted by Gasteiger charge is -2.04. The molecule has 2 heterocycles. The molecule has 0 bridgehead atoms. The highest BCUT2D eigenvalue weighted by Gasteiger charge is 2.14. The Hall–Kier alpha value is -1.95. The molecular weight excluding hydrogens is 229 g/mol. The number of carbonyl (C=O) groups is 1. The lowest BCUT2D eigenvalue weighted by atomic mass is 10.2. The molecule has 0 radical (unpaired) electrons. The van der Waals surface area contributed by atoms with Crippen LogP contribution in [0.1, 0.15) is 10.4 Å². The molecule has 0 fully saturated rings. The summed E-state index contributed by atoms with van der Waals surface area (Å²) in [7, 11) is 0. The van der Waals surface area contributed by atoms with Gasteiger partial charge in [0.2, 0.25) is 0 Å². The fourth-order valence-electron chi connectivity index (χ4n) is 1.17. The summed E-state index contributed by atoms with van der Waals surface area (Å²) in [5.74, 6) is -1.61. The van der Waals surface area contributed by atoms with Gasteiger partial charge in [-0.25, -0.2) is 9.37 Å². The second kappa shape index (κ2) is 4.28. The van der Waals surface area contributed by atoms with Crippen LogP contribution in [0.2, 0.25) is 0 Å². The molecule has 2 aromatic heterocycles. The lowest BCUT2D eigenvalue weighted by Crippen LogP contribution is -2.14. The van der Waals surface area contributed by atoms with Gasteiger partial charge in [-0.15, -0.1) is 0 Å². The highest BCUT2D eigenvalue weighted by molar-refractivity contribution is 7.08. The molecule has 16 heavy (non-hydrogen) atoms. The molecule has 0 aromatic carbocycles. The Morgan fingerprint density at radius 3 is 3.00 bits per heavy atom. The van der Waals surface area contributed by atoms with Crippen molar-refractivity contribution in [1.29, 1.82) is 0 Å². The summed E-state index contributed by atoms with van der Waals surface area (Å²) in [4.78, 5) is 15.2. The van der Waals surface area contributed by atoms with Crippen LogP contribution in [0.5, 0.6) is 0 Å². The third-order valence-corrected chi connectivity index (χ3v) is 2.62. The largest absolute Gasteiger partial charge is 0.381 e. The Bertz CT molecular complexity index is 513. The van der Waals surface area contributed by atoms with Crippen molar-refractivity contribution in [3.05, 3.63) is 40.5 Å². The number of anilines is 2. The minimum atomic E-state index is -0.796. The van der Waals surface area contributed by atoms with Gasteiger partial charge in [0.15, 0.2) is 11.6 Å². The molecular formula is C10H8FN3OS. The third kappa shape index (κ3) is 2.01. The maximum atomic E-state index is 13.4. The number of nitrogens with two attached hydrogens (primary N) is 1. The van der Waals surface area contributed by atoms with E-state index in [1.165, 1.54) is 23.6 Å². The average Bonchev–Trinajstić information content (AvgIpc) is 2.74. The van der Waals surface area contributed by atoms with Gasteiger partial charge < -0.3 is 11.1 Å². The van der Waals surface area contributed by atoms with Crippen molar-refractivity contribution in [3.63, 3.8) is 0 Å². The SMILES string of the molecule is Nc1nccc(C(=O)Nc2ccsc2)c1F. The van der Waals surface area contributed by atoms with Gasteiger partial charge in [-0.2, -0.15) is 11.3 Å². The molecule has 0 unspecified atom stereocenters. The van der Waals surface area contributed by atoms with E-state index >= 15 is 0 Å². The minimum absolute atomic E-state index is 0.112. The van der Waals surface area contributed by atoms with E-state index in [0.717, 1.165) is 0 Å². The molecule has 0 spiro atoms. The van der Waals surface area contributed by atoms with Gasteiger partial charge in [0, 0.05) is 11.6 Å². The Balaban J connectivity index is 2.24. The van der Waals surface area contributed by atoms with Gasteiger partial charge in [-0.1, -0.05) is 0 Å². The molecule has 0 atom stereocenters. The monoisotopic (exact) mass is 237 g/mol. The Morgan fingerprint density at radius 1 is 1.50 bits per heavy atom. The number of hydrogen-bond acceptors (Lipinski definition) is 4. The number of carbonyl (C=O) groups excluding carboxylic acids is 1. The van der Waals surface area contributed by atoms with Gasteiger partial charge in [-0.3, -0.25) is 4.79 Å². The molecule has 82 valence electrons. The Morgan fingerprint density at radius 2 is 2.31 bits per heavy atom. The predicted molar refractivity (Wildman–Crippen MR) is 60.9 cm³/mol. The van der Waals surface area contributed by atoms with Crippen molar-refractivity contribution in [2.45, 2.75) is 0 Å². The standard InChI is InChI=1S/C10H8FN3OS/c11-8-7(1-3-13-9(8)12)10(15)14-6-2-4-16-5-6/h1-5H,(H2,12,13)(H,14,15). The maximum absolute atomic E-state index is 13.4. The first-order valence-electron chi connectivity index (χ1n) is 4.42. The second-order valence-corrected chi connectivity index (χ2v) is 3.80. The molecule has 2 aromatic rings. The number of rotatable bonds is 2. The summed E-state index contributed by atoms with van der Waals surface area (Å²) in [6, 6.07) is 3.01.